The average molecular weight is 421 g/mol. The lowest BCUT2D eigenvalue weighted by Gasteiger charge is -2.20. The van der Waals surface area contributed by atoms with E-state index < -0.39 is 39.2 Å². The zero-order valence-electron chi connectivity index (χ0n) is 14.1. The van der Waals surface area contributed by atoms with Crippen molar-refractivity contribution >= 4 is 33.2 Å². The fraction of sp³-hybridized carbons (Fsp3) is 0.235. The summed E-state index contributed by atoms with van der Waals surface area (Å²) < 4.78 is 63.5. The number of nitrogens with zero attached hydrogens (tertiary/aromatic N) is 1. The summed E-state index contributed by atoms with van der Waals surface area (Å²) in [6, 6.07) is 11.5. The van der Waals surface area contributed by atoms with Crippen LogP contribution in [0.1, 0.15) is 11.1 Å². The van der Waals surface area contributed by atoms with Gasteiger partial charge in [0.15, 0.2) is 0 Å². The van der Waals surface area contributed by atoms with Gasteiger partial charge in [0.1, 0.15) is 0 Å². The smallest absolute Gasteiger partial charge is 0.325 e. The van der Waals surface area contributed by atoms with E-state index in [1.807, 2.05) is 0 Å². The highest BCUT2D eigenvalue weighted by molar-refractivity contribution is 7.88. The lowest BCUT2D eigenvalue weighted by molar-refractivity contribution is -0.137. The van der Waals surface area contributed by atoms with Crippen molar-refractivity contribution < 1.29 is 26.4 Å². The van der Waals surface area contributed by atoms with Crippen molar-refractivity contribution in [2.75, 3.05) is 18.1 Å². The van der Waals surface area contributed by atoms with Crippen LogP contribution in [0.25, 0.3) is 0 Å². The third-order valence-corrected chi connectivity index (χ3v) is 5.07. The average Bonchev–Trinajstić information content (AvgIpc) is 2.55. The molecule has 27 heavy (non-hydrogen) atoms. The van der Waals surface area contributed by atoms with E-state index >= 15 is 0 Å². The molecule has 0 atom stereocenters. The number of nitrogens with one attached hydrogen (secondary N) is 1. The molecule has 146 valence electrons. The normalized spacial score (nSPS) is 12.2. The molecule has 0 bridgehead atoms. The van der Waals surface area contributed by atoms with E-state index in [0.717, 1.165) is 16.6 Å². The van der Waals surface area contributed by atoms with Gasteiger partial charge in [-0.2, -0.15) is 17.5 Å². The highest BCUT2D eigenvalue weighted by atomic mass is 35.5. The summed E-state index contributed by atoms with van der Waals surface area (Å²) in [6.07, 6.45) is -3.73. The molecule has 0 aliphatic rings. The molecule has 0 heterocycles. The van der Waals surface area contributed by atoms with E-state index in [4.69, 9.17) is 11.6 Å². The minimum absolute atomic E-state index is 0.0402. The molecule has 0 unspecified atom stereocenters. The fourth-order valence-electron chi connectivity index (χ4n) is 2.26. The first-order chi connectivity index (χ1) is 12.5. The van der Waals surface area contributed by atoms with Crippen molar-refractivity contribution in [2.24, 2.45) is 0 Å². The lowest BCUT2D eigenvalue weighted by atomic mass is 10.2. The third-order valence-electron chi connectivity index (χ3n) is 3.55. The Kier molecular flexibility index (Phi) is 6.50. The predicted octanol–water partition coefficient (Wildman–Crippen LogP) is 3.76. The highest BCUT2D eigenvalue weighted by Crippen LogP contribution is 2.36. The molecule has 2 aromatic rings. The summed E-state index contributed by atoms with van der Waals surface area (Å²) >= 11 is 5.53. The number of hydrogen-bond acceptors (Lipinski definition) is 3. The molecule has 0 aliphatic heterocycles. The number of sulfonamides is 1. The first-order valence-corrected chi connectivity index (χ1v) is 9.85. The number of alkyl halides is 3. The van der Waals surface area contributed by atoms with Crippen LogP contribution in [0, 0.1) is 0 Å². The monoisotopic (exact) mass is 420 g/mol. The second-order valence-electron chi connectivity index (χ2n) is 5.76. The van der Waals surface area contributed by atoms with Gasteiger partial charge >= 0.3 is 6.18 Å². The second-order valence-corrected chi connectivity index (χ2v) is 8.15. The van der Waals surface area contributed by atoms with Crippen LogP contribution in [-0.4, -0.2) is 31.4 Å². The molecule has 0 aliphatic carbocycles. The fourth-order valence-corrected chi connectivity index (χ4v) is 3.22. The van der Waals surface area contributed by atoms with Gasteiger partial charge in [-0.1, -0.05) is 41.9 Å². The van der Waals surface area contributed by atoms with Gasteiger partial charge in [-0.15, -0.1) is 0 Å². The van der Waals surface area contributed by atoms with Crippen molar-refractivity contribution in [2.45, 2.75) is 12.7 Å². The first kappa shape index (κ1) is 21.2. The first-order valence-electron chi connectivity index (χ1n) is 7.62. The molecular formula is C17H16ClF3N2O3S. The van der Waals surface area contributed by atoms with Crippen LogP contribution in [-0.2, 0) is 27.5 Å². The van der Waals surface area contributed by atoms with Crippen LogP contribution in [0.5, 0.6) is 0 Å². The Hall–Kier alpha value is -2.10. The molecule has 0 fully saturated rings. The zero-order chi connectivity index (χ0) is 20.2. The van der Waals surface area contributed by atoms with Crippen LogP contribution in [0.3, 0.4) is 0 Å². The molecule has 1 amide bonds. The second kappa shape index (κ2) is 8.28. The number of amides is 1. The predicted molar refractivity (Wildman–Crippen MR) is 96.8 cm³/mol. The number of hydrogen-bond donors (Lipinski definition) is 1. The van der Waals surface area contributed by atoms with Crippen LogP contribution in [0.15, 0.2) is 48.5 Å². The standard InChI is InChI=1S/C17H16ClF3N2O3S/c1-27(25,26)23(10-12-5-3-2-4-6-12)11-16(24)22-13-7-8-15(18)14(9-13)17(19,20)21/h2-9H,10-11H2,1H3,(H,22,24). The van der Waals surface area contributed by atoms with Crippen LogP contribution in [0.2, 0.25) is 5.02 Å². The quantitative estimate of drug-likeness (QED) is 0.773. The summed E-state index contributed by atoms with van der Waals surface area (Å²) in [4.78, 5) is 12.2. The maximum atomic E-state index is 12.9. The van der Waals surface area contributed by atoms with Gasteiger partial charge in [-0.05, 0) is 23.8 Å². The van der Waals surface area contributed by atoms with E-state index in [2.05, 4.69) is 5.32 Å². The van der Waals surface area contributed by atoms with Gasteiger partial charge in [-0.25, -0.2) is 8.42 Å². The summed E-state index contributed by atoms with van der Waals surface area (Å²) in [5, 5.41) is 1.77. The topological polar surface area (TPSA) is 66.5 Å². The van der Waals surface area contributed by atoms with Gasteiger partial charge in [0.05, 0.1) is 23.4 Å². The molecular weight excluding hydrogens is 405 g/mol. The summed E-state index contributed by atoms with van der Waals surface area (Å²) in [7, 11) is -3.72. The van der Waals surface area contributed by atoms with Crippen molar-refractivity contribution in [1.82, 2.24) is 4.31 Å². The number of rotatable bonds is 6. The van der Waals surface area contributed by atoms with Crippen molar-refractivity contribution in [1.29, 1.82) is 0 Å². The Labute approximate surface area is 159 Å². The van der Waals surface area contributed by atoms with E-state index in [1.54, 1.807) is 30.3 Å². The number of anilines is 1. The number of carbonyl (C=O) groups is 1. The summed E-state index contributed by atoms with van der Waals surface area (Å²) in [6.45, 7) is -0.584. The van der Waals surface area contributed by atoms with E-state index in [9.17, 15) is 26.4 Å². The maximum absolute atomic E-state index is 12.9. The van der Waals surface area contributed by atoms with Gasteiger partial charge in [0, 0.05) is 12.2 Å². The Balaban J connectivity index is 2.14. The largest absolute Gasteiger partial charge is 0.417 e. The molecule has 2 rings (SSSR count). The van der Waals surface area contributed by atoms with Crippen molar-refractivity contribution in [3.05, 3.63) is 64.7 Å². The molecule has 1 N–H and O–H groups in total. The van der Waals surface area contributed by atoms with Crippen LogP contribution >= 0.6 is 11.6 Å². The molecule has 0 radical (unpaired) electrons. The zero-order valence-corrected chi connectivity index (χ0v) is 15.7. The van der Waals surface area contributed by atoms with Gasteiger partial charge in [0.25, 0.3) is 0 Å². The van der Waals surface area contributed by atoms with Gasteiger partial charge in [0.2, 0.25) is 15.9 Å². The molecule has 2 aromatic carbocycles. The van der Waals surface area contributed by atoms with Crippen LogP contribution < -0.4 is 5.32 Å². The SMILES string of the molecule is CS(=O)(=O)N(CC(=O)Nc1ccc(Cl)c(C(F)(F)F)c1)Cc1ccccc1. The number of benzene rings is 2. The molecule has 0 aromatic heterocycles. The van der Waals surface area contributed by atoms with E-state index in [0.29, 0.717) is 11.6 Å². The van der Waals surface area contributed by atoms with Crippen molar-refractivity contribution in [3.8, 4) is 0 Å². The maximum Gasteiger partial charge on any atom is 0.417 e. The lowest BCUT2D eigenvalue weighted by Crippen LogP contribution is -2.36. The Morgan fingerprint density at radius 1 is 1.15 bits per heavy atom. The molecule has 10 heteroatoms. The van der Waals surface area contributed by atoms with Crippen LogP contribution in [0.4, 0.5) is 18.9 Å². The minimum Gasteiger partial charge on any atom is -0.325 e. The van der Waals surface area contributed by atoms with E-state index in [-0.39, 0.29) is 12.2 Å². The molecule has 0 spiro atoms. The van der Waals surface area contributed by atoms with Gasteiger partial charge in [-0.3, -0.25) is 4.79 Å². The van der Waals surface area contributed by atoms with E-state index in [1.165, 1.54) is 6.07 Å². The number of halogens is 4. The summed E-state index contributed by atoms with van der Waals surface area (Å²) in [5.41, 5.74) is -0.558. The number of carbonyl (C=O) groups excluding carboxylic acids is 1. The Bertz CT molecular complexity index is 919. The third kappa shape index (κ3) is 6.23. The highest BCUT2D eigenvalue weighted by Gasteiger charge is 2.33. The van der Waals surface area contributed by atoms with Gasteiger partial charge < -0.3 is 5.32 Å². The molecule has 5 nitrogen and oxygen atoms in total. The molecule has 0 saturated carbocycles. The summed E-state index contributed by atoms with van der Waals surface area (Å²) in [5.74, 6) is -0.771. The van der Waals surface area contributed by atoms with Crippen molar-refractivity contribution in [3.63, 3.8) is 0 Å². The minimum atomic E-state index is -4.68. The molecule has 0 saturated heterocycles. The Morgan fingerprint density at radius 3 is 2.33 bits per heavy atom. The Morgan fingerprint density at radius 2 is 1.78 bits per heavy atom.